The predicted molar refractivity (Wildman–Crippen MR) is 73.7 cm³/mol. The van der Waals surface area contributed by atoms with Gasteiger partial charge in [-0.15, -0.1) is 0 Å². The van der Waals surface area contributed by atoms with Crippen LogP contribution in [0.15, 0.2) is 29.0 Å². The van der Waals surface area contributed by atoms with Crippen LogP contribution in [0, 0.1) is 6.92 Å². The molecule has 2 heterocycles. The molecule has 0 amide bonds. The van der Waals surface area contributed by atoms with E-state index in [1.165, 1.54) is 18.4 Å². The van der Waals surface area contributed by atoms with Crippen LogP contribution in [-0.4, -0.2) is 20.8 Å². The third kappa shape index (κ3) is 2.47. The molecule has 1 fully saturated rings. The van der Waals surface area contributed by atoms with Gasteiger partial charge in [0.1, 0.15) is 0 Å². The summed E-state index contributed by atoms with van der Waals surface area (Å²) in [5, 5.41) is 7.92. The number of hydrogen-bond acceptors (Lipinski definition) is 3. The minimum Gasteiger partial charge on any atom is -0.310 e. The Morgan fingerprint density at radius 1 is 1.39 bits per heavy atom. The second-order valence-electron chi connectivity index (χ2n) is 4.66. The van der Waals surface area contributed by atoms with E-state index in [0.29, 0.717) is 0 Å². The van der Waals surface area contributed by atoms with Gasteiger partial charge in [-0.1, -0.05) is 0 Å². The van der Waals surface area contributed by atoms with Gasteiger partial charge < -0.3 is 5.32 Å². The molecule has 94 valence electrons. The molecular weight excluding hydrogens is 292 g/mol. The zero-order valence-electron chi connectivity index (χ0n) is 10.2. The van der Waals surface area contributed by atoms with Crippen molar-refractivity contribution in [2.24, 2.45) is 0 Å². The van der Waals surface area contributed by atoms with Crippen LogP contribution in [0.25, 0.3) is 5.82 Å². The molecule has 0 spiro atoms. The summed E-state index contributed by atoms with van der Waals surface area (Å²) in [7, 11) is 0. The minimum atomic E-state index is 0.721. The van der Waals surface area contributed by atoms with Crippen molar-refractivity contribution in [3.8, 4) is 5.82 Å². The highest BCUT2D eigenvalue weighted by molar-refractivity contribution is 9.10. The van der Waals surface area contributed by atoms with Crippen molar-refractivity contribution in [3.63, 3.8) is 0 Å². The van der Waals surface area contributed by atoms with Crippen LogP contribution < -0.4 is 5.32 Å². The van der Waals surface area contributed by atoms with Gasteiger partial charge >= 0.3 is 0 Å². The number of pyridine rings is 1. The van der Waals surface area contributed by atoms with Gasteiger partial charge in [-0.25, -0.2) is 9.67 Å². The van der Waals surface area contributed by atoms with Gasteiger partial charge in [0.15, 0.2) is 5.82 Å². The van der Waals surface area contributed by atoms with Crippen LogP contribution >= 0.6 is 15.9 Å². The Balaban J connectivity index is 1.81. The van der Waals surface area contributed by atoms with E-state index in [1.54, 1.807) is 6.20 Å². The first-order valence-electron chi connectivity index (χ1n) is 6.13. The summed E-state index contributed by atoms with van der Waals surface area (Å²) in [6.45, 7) is 2.98. The van der Waals surface area contributed by atoms with Crippen LogP contribution in [0.3, 0.4) is 0 Å². The fourth-order valence-electron chi connectivity index (χ4n) is 1.88. The van der Waals surface area contributed by atoms with E-state index in [-0.39, 0.29) is 0 Å². The van der Waals surface area contributed by atoms with Crippen molar-refractivity contribution in [1.29, 1.82) is 0 Å². The molecule has 0 saturated heterocycles. The van der Waals surface area contributed by atoms with Gasteiger partial charge in [-0.2, -0.15) is 5.10 Å². The number of nitrogens with one attached hydrogen (secondary N) is 1. The molecule has 0 unspecified atom stereocenters. The maximum atomic E-state index is 4.41. The maximum Gasteiger partial charge on any atom is 0.153 e. The quantitative estimate of drug-likeness (QED) is 0.944. The van der Waals surface area contributed by atoms with E-state index in [9.17, 15) is 0 Å². The van der Waals surface area contributed by atoms with Crippen LogP contribution in [0.5, 0.6) is 0 Å². The predicted octanol–water partition coefficient (Wildman–Crippen LogP) is 2.59. The molecule has 1 aliphatic rings. The Kier molecular flexibility index (Phi) is 3.18. The lowest BCUT2D eigenvalue weighted by Crippen LogP contribution is -2.15. The Hall–Kier alpha value is -1.20. The number of halogens is 1. The molecule has 0 radical (unpaired) electrons. The van der Waals surface area contributed by atoms with Crippen LogP contribution in [0.2, 0.25) is 0 Å². The third-order valence-corrected chi connectivity index (χ3v) is 3.67. The Morgan fingerprint density at radius 3 is 2.89 bits per heavy atom. The molecule has 1 saturated carbocycles. The number of aromatic nitrogens is 3. The average Bonchev–Trinajstić information content (AvgIpc) is 3.13. The first-order valence-corrected chi connectivity index (χ1v) is 6.92. The normalized spacial score (nSPS) is 15.0. The molecule has 5 heteroatoms. The standard InChI is InChI=1S/C13H15BrN4/c1-9-10(6-15-12-3-4-12)7-17-18(9)13-5-2-11(14)8-16-13/h2,5,7-8,12,15H,3-4,6H2,1H3. The lowest BCUT2D eigenvalue weighted by Gasteiger charge is -2.05. The molecule has 1 aliphatic carbocycles. The van der Waals surface area contributed by atoms with Gasteiger partial charge in [-0.05, 0) is 47.8 Å². The van der Waals surface area contributed by atoms with Crippen molar-refractivity contribution >= 4 is 15.9 Å². The van der Waals surface area contributed by atoms with E-state index in [0.717, 1.165) is 28.6 Å². The molecule has 1 N–H and O–H groups in total. The van der Waals surface area contributed by atoms with E-state index >= 15 is 0 Å². The first kappa shape index (κ1) is 11.9. The molecule has 0 aromatic carbocycles. The molecule has 3 rings (SSSR count). The SMILES string of the molecule is Cc1c(CNC2CC2)cnn1-c1ccc(Br)cn1. The number of nitrogens with zero attached hydrogens (tertiary/aromatic N) is 3. The number of rotatable bonds is 4. The van der Waals surface area contributed by atoms with Crippen molar-refractivity contribution in [1.82, 2.24) is 20.1 Å². The first-order chi connectivity index (χ1) is 8.74. The molecular formula is C13H15BrN4. The molecule has 0 bridgehead atoms. The van der Waals surface area contributed by atoms with Gasteiger partial charge in [0.25, 0.3) is 0 Å². The van der Waals surface area contributed by atoms with Crippen LogP contribution in [-0.2, 0) is 6.54 Å². The van der Waals surface area contributed by atoms with Crippen molar-refractivity contribution in [2.45, 2.75) is 32.4 Å². The van der Waals surface area contributed by atoms with Crippen LogP contribution in [0.4, 0.5) is 0 Å². The van der Waals surface area contributed by atoms with Gasteiger partial charge in [0.2, 0.25) is 0 Å². The second-order valence-corrected chi connectivity index (χ2v) is 5.57. The summed E-state index contributed by atoms with van der Waals surface area (Å²) in [5.74, 6) is 0.855. The average molecular weight is 307 g/mol. The Labute approximate surface area is 115 Å². The highest BCUT2D eigenvalue weighted by atomic mass is 79.9. The van der Waals surface area contributed by atoms with Crippen molar-refractivity contribution in [3.05, 3.63) is 40.3 Å². The van der Waals surface area contributed by atoms with E-state index in [2.05, 4.69) is 38.3 Å². The Morgan fingerprint density at radius 2 is 2.22 bits per heavy atom. The summed E-state index contributed by atoms with van der Waals surface area (Å²) in [4.78, 5) is 4.36. The van der Waals surface area contributed by atoms with Crippen molar-refractivity contribution < 1.29 is 0 Å². The lowest BCUT2D eigenvalue weighted by molar-refractivity contribution is 0.683. The monoisotopic (exact) mass is 306 g/mol. The molecule has 0 atom stereocenters. The maximum absolute atomic E-state index is 4.41. The fraction of sp³-hybridized carbons (Fsp3) is 0.385. The topological polar surface area (TPSA) is 42.7 Å². The third-order valence-electron chi connectivity index (χ3n) is 3.20. The highest BCUT2D eigenvalue weighted by Crippen LogP contribution is 2.20. The molecule has 2 aromatic heterocycles. The summed E-state index contributed by atoms with van der Waals surface area (Å²) in [6, 6.07) is 4.66. The minimum absolute atomic E-state index is 0.721. The summed E-state index contributed by atoms with van der Waals surface area (Å²) in [5.41, 5.74) is 2.39. The highest BCUT2D eigenvalue weighted by Gasteiger charge is 2.20. The molecule has 4 nitrogen and oxygen atoms in total. The van der Waals surface area contributed by atoms with E-state index < -0.39 is 0 Å². The van der Waals surface area contributed by atoms with Gasteiger partial charge in [0, 0.05) is 34.5 Å². The largest absolute Gasteiger partial charge is 0.310 e. The molecule has 18 heavy (non-hydrogen) atoms. The summed E-state index contributed by atoms with van der Waals surface area (Å²) in [6.07, 6.45) is 6.33. The van der Waals surface area contributed by atoms with E-state index in [1.807, 2.05) is 23.0 Å². The Bertz CT molecular complexity index is 543. The zero-order valence-corrected chi connectivity index (χ0v) is 11.8. The lowest BCUT2D eigenvalue weighted by atomic mass is 10.2. The van der Waals surface area contributed by atoms with Crippen LogP contribution in [0.1, 0.15) is 24.1 Å². The van der Waals surface area contributed by atoms with E-state index in [4.69, 9.17) is 0 Å². The second kappa shape index (κ2) is 4.82. The summed E-state index contributed by atoms with van der Waals surface area (Å²) >= 11 is 3.39. The van der Waals surface area contributed by atoms with Gasteiger partial charge in [0.05, 0.1) is 6.20 Å². The summed E-state index contributed by atoms with van der Waals surface area (Å²) < 4.78 is 2.86. The smallest absolute Gasteiger partial charge is 0.153 e. The molecule has 0 aliphatic heterocycles. The molecule has 2 aromatic rings. The van der Waals surface area contributed by atoms with Gasteiger partial charge in [-0.3, -0.25) is 0 Å². The zero-order chi connectivity index (χ0) is 12.5. The van der Waals surface area contributed by atoms with Crippen molar-refractivity contribution in [2.75, 3.05) is 0 Å². The fourth-order valence-corrected chi connectivity index (χ4v) is 2.12. The number of hydrogen-bond donors (Lipinski definition) is 1.